The summed E-state index contributed by atoms with van der Waals surface area (Å²) in [5.41, 5.74) is 3.63. The van der Waals surface area contributed by atoms with E-state index < -0.39 is 0 Å². The van der Waals surface area contributed by atoms with Gasteiger partial charge in [0.15, 0.2) is 0 Å². The van der Waals surface area contributed by atoms with Crippen molar-refractivity contribution >= 4 is 28.9 Å². The average Bonchev–Trinajstić information content (AvgIpc) is 2.73. The molecule has 0 spiro atoms. The number of ether oxygens (including phenoxy) is 1. The van der Waals surface area contributed by atoms with Crippen molar-refractivity contribution < 1.29 is 9.53 Å². The number of nitrogens with zero attached hydrogens (tertiary/aromatic N) is 2. The van der Waals surface area contributed by atoms with Gasteiger partial charge in [-0.25, -0.2) is 0 Å². The lowest BCUT2D eigenvalue weighted by Gasteiger charge is -2.49. The van der Waals surface area contributed by atoms with Gasteiger partial charge in [0.05, 0.1) is 18.6 Å². The molecule has 2 atom stereocenters. The highest BCUT2D eigenvalue weighted by Crippen LogP contribution is 2.37. The predicted molar refractivity (Wildman–Crippen MR) is 113 cm³/mol. The van der Waals surface area contributed by atoms with E-state index in [4.69, 9.17) is 16.3 Å². The van der Waals surface area contributed by atoms with Gasteiger partial charge in [-0.2, -0.15) is 0 Å². The van der Waals surface area contributed by atoms with Crippen molar-refractivity contribution in [3.8, 4) is 0 Å². The minimum Gasteiger partial charge on any atom is -0.383 e. The van der Waals surface area contributed by atoms with Crippen molar-refractivity contribution in [1.82, 2.24) is 5.32 Å². The Kier molecular flexibility index (Phi) is 5.74. The molecule has 2 aliphatic heterocycles. The fraction of sp³-hybridized carbons (Fsp3) is 0.409. The van der Waals surface area contributed by atoms with E-state index in [0.717, 1.165) is 36.8 Å². The molecule has 0 bridgehead atoms. The van der Waals surface area contributed by atoms with Gasteiger partial charge in [0.2, 0.25) is 5.91 Å². The Morgan fingerprint density at radius 2 is 2.07 bits per heavy atom. The Morgan fingerprint density at radius 1 is 1.21 bits per heavy atom. The van der Waals surface area contributed by atoms with Crippen LogP contribution in [0.1, 0.15) is 5.56 Å². The van der Waals surface area contributed by atoms with Crippen LogP contribution < -0.4 is 15.1 Å². The quantitative estimate of drug-likeness (QED) is 0.785. The van der Waals surface area contributed by atoms with Gasteiger partial charge in [-0.3, -0.25) is 4.79 Å². The van der Waals surface area contributed by atoms with Crippen LogP contribution in [0.25, 0.3) is 0 Å². The molecule has 1 saturated heterocycles. The number of benzene rings is 2. The molecule has 1 amide bonds. The smallest absolute Gasteiger partial charge is 0.225 e. The fourth-order valence-electron chi connectivity index (χ4n) is 4.37. The molecule has 2 aromatic rings. The van der Waals surface area contributed by atoms with Crippen molar-refractivity contribution in [2.75, 3.05) is 49.7 Å². The summed E-state index contributed by atoms with van der Waals surface area (Å²) in [6, 6.07) is 16.6. The third-order valence-corrected chi connectivity index (χ3v) is 5.97. The molecule has 6 heteroatoms. The molecule has 2 heterocycles. The van der Waals surface area contributed by atoms with E-state index >= 15 is 0 Å². The Hall–Kier alpha value is -2.24. The SMILES string of the molecule is COCCNC(=O)[C@H]1Cc2ccccc2N2CCN(c3cccc(Cl)c3)C[C@@H]12. The van der Waals surface area contributed by atoms with Gasteiger partial charge >= 0.3 is 0 Å². The molecule has 5 nitrogen and oxygen atoms in total. The van der Waals surface area contributed by atoms with Gasteiger partial charge in [0, 0.05) is 49.7 Å². The molecule has 1 N–H and O–H groups in total. The number of fused-ring (bicyclic) bond motifs is 3. The summed E-state index contributed by atoms with van der Waals surface area (Å²) in [5.74, 6) is 0.0169. The van der Waals surface area contributed by atoms with Gasteiger partial charge in [-0.15, -0.1) is 0 Å². The highest BCUT2D eigenvalue weighted by Gasteiger charge is 2.41. The number of halogens is 1. The molecule has 28 heavy (non-hydrogen) atoms. The van der Waals surface area contributed by atoms with Crippen molar-refractivity contribution in [2.45, 2.75) is 12.5 Å². The number of hydrogen-bond acceptors (Lipinski definition) is 4. The molecule has 0 radical (unpaired) electrons. The van der Waals surface area contributed by atoms with Crippen molar-refractivity contribution in [1.29, 1.82) is 0 Å². The third kappa shape index (κ3) is 3.82. The topological polar surface area (TPSA) is 44.8 Å². The second-order valence-corrected chi connectivity index (χ2v) is 7.85. The molecular weight excluding hydrogens is 374 g/mol. The summed E-state index contributed by atoms with van der Waals surface area (Å²) in [5, 5.41) is 3.79. The first-order valence-corrected chi connectivity index (χ1v) is 10.2. The van der Waals surface area contributed by atoms with E-state index in [-0.39, 0.29) is 17.9 Å². The number of rotatable bonds is 5. The molecule has 1 fully saturated rings. The zero-order chi connectivity index (χ0) is 19.5. The van der Waals surface area contributed by atoms with Gasteiger partial charge in [0.25, 0.3) is 0 Å². The van der Waals surface area contributed by atoms with E-state index in [0.29, 0.717) is 13.2 Å². The van der Waals surface area contributed by atoms with Crippen LogP contribution in [-0.4, -0.2) is 51.8 Å². The van der Waals surface area contributed by atoms with Gasteiger partial charge in [0.1, 0.15) is 0 Å². The molecule has 0 aromatic heterocycles. The number of methoxy groups -OCH3 is 1. The zero-order valence-corrected chi connectivity index (χ0v) is 16.9. The number of para-hydroxylation sites is 1. The Balaban J connectivity index is 1.60. The maximum absolute atomic E-state index is 13.0. The van der Waals surface area contributed by atoms with E-state index in [1.54, 1.807) is 7.11 Å². The number of piperazine rings is 1. The summed E-state index contributed by atoms with van der Waals surface area (Å²) in [6.45, 7) is 3.66. The van der Waals surface area contributed by atoms with E-state index in [1.165, 1.54) is 11.3 Å². The normalized spacial score (nSPS) is 21.1. The summed E-state index contributed by atoms with van der Waals surface area (Å²) < 4.78 is 5.08. The van der Waals surface area contributed by atoms with Crippen LogP contribution in [-0.2, 0) is 16.0 Å². The first kappa shape index (κ1) is 19.1. The second kappa shape index (κ2) is 8.41. The molecule has 2 aliphatic rings. The molecule has 4 rings (SSSR count). The maximum atomic E-state index is 13.0. The standard InChI is InChI=1S/C22H26ClN3O2/c1-28-12-9-24-22(27)19-13-16-5-2-3-8-20(16)26-11-10-25(15-21(19)26)18-7-4-6-17(23)14-18/h2-8,14,19,21H,9-13,15H2,1H3,(H,24,27)/t19-,21-/m0/s1. The Morgan fingerprint density at radius 3 is 2.89 bits per heavy atom. The lowest BCUT2D eigenvalue weighted by Crippen LogP contribution is -2.61. The van der Waals surface area contributed by atoms with Crippen LogP contribution in [0.15, 0.2) is 48.5 Å². The Labute approximate surface area is 171 Å². The fourth-order valence-corrected chi connectivity index (χ4v) is 4.56. The average molecular weight is 400 g/mol. The predicted octanol–water partition coefficient (Wildman–Crippen LogP) is 2.97. The molecule has 148 valence electrons. The number of carbonyl (C=O) groups excluding carboxylic acids is 1. The van der Waals surface area contributed by atoms with Crippen LogP contribution in [0.3, 0.4) is 0 Å². The number of hydrogen-bond donors (Lipinski definition) is 1. The zero-order valence-electron chi connectivity index (χ0n) is 16.1. The van der Waals surface area contributed by atoms with Crippen molar-refractivity contribution in [2.24, 2.45) is 5.92 Å². The summed E-state index contributed by atoms with van der Waals surface area (Å²) in [4.78, 5) is 17.8. The van der Waals surface area contributed by atoms with E-state index in [9.17, 15) is 4.79 Å². The van der Waals surface area contributed by atoms with Crippen molar-refractivity contribution in [3.05, 3.63) is 59.1 Å². The highest BCUT2D eigenvalue weighted by atomic mass is 35.5. The number of carbonyl (C=O) groups is 1. The second-order valence-electron chi connectivity index (χ2n) is 7.41. The largest absolute Gasteiger partial charge is 0.383 e. The minimum atomic E-state index is -0.0891. The molecule has 2 aromatic carbocycles. The van der Waals surface area contributed by atoms with Crippen LogP contribution in [0.4, 0.5) is 11.4 Å². The number of anilines is 2. The highest BCUT2D eigenvalue weighted by molar-refractivity contribution is 6.30. The summed E-state index contributed by atoms with van der Waals surface area (Å²) in [6.07, 6.45) is 0.763. The van der Waals surface area contributed by atoms with Crippen molar-refractivity contribution in [3.63, 3.8) is 0 Å². The molecular formula is C22H26ClN3O2. The van der Waals surface area contributed by atoms with Crippen LogP contribution in [0.5, 0.6) is 0 Å². The molecule has 0 unspecified atom stereocenters. The van der Waals surface area contributed by atoms with E-state index in [2.05, 4.69) is 45.4 Å². The number of nitrogens with one attached hydrogen (secondary N) is 1. The monoisotopic (exact) mass is 399 g/mol. The van der Waals surface area contributed by atoms with Gasteiger partial charge < -0.3 is 19.9 Å². The van der Waals surface area contributed by atoms with Gasteiger partial charge in [-0.05, 0) is 36.2 Å². The third-order valence-electron chi connectivity index (χ3n) is 5.74. The van der Waals surface area contributed by atoms with E-state index in [1.807, 2.05) is 18.2 Å². The Bertz CT molecular complexity index is 844. The van der Waals surface area contributed by atoms with Crippen LogP contribution in [0.2, 0.25) is 5.02 Å². The van der Waals surface area contributed by atoms with Gasteiger partial charge in [-0.1, -0.05) is 35.9 Å². The minimum absolute atomic E-state index is 0.0891. The first-order chi connectivity index (χ1) is 13.7. The maximum Gasteiger partial charge on any atom is 0.225 e. The first-order valence-electron chi connectivity index (χ1n) is 9.79. The van der Waals surface area contributed by atoms with Crippen LogP contribution >= 0.6 is 11.6 Å². The molecule has 0 aliphatic carbocycles. The lowest BCUT2D eigenvalue weighted by molar-refractivity contribution is -0.126. The molecule has 0 saturated carbocycles. The van der Waals surface area contributed by atoms with Crippen LogP contribution in [0, 0.1) is 5.92 Å². The summed E-state index contributed by atoms with van der Waals surface area (Å²) >= 11 is 6.21. The lowest BCUT2D eigenvalue weighted by atomic mass is 9.83. The number of amides is 1. The summed E-state index contributed by atoms with van der Waals surface area (Å²) in [7, 11) is 1.65.